The molecular weight excluding hydrogens is 552 g/mol. The van der Waals surface area contributed by atoms with Crippen LogP contribution in [0.15, 0.2) is 82.8 Å². The fraction of sp³-hybridized carbons (Fsp3) is 0.133. The minimum Gasteiger partial charge on any atom is -0.490 e. The number of anilines is 1. The lowest BCUT2D eigenvalue weighted by Crippen LogP contribution is -2.14. The van der Waals surface area contributed by atoms with E-state index in [9.17, 15) is 10.1 Å². The molecule has 0 bridgehead atoms. The number of rotatable bonds is 8. The van der Waals surface area contributed by atoms with Gasteiger partial charge in [-0.25, -0.2) is 0 Å². The Hall–Kier alpha value is -3.79. The summed E-state index contributed by atoms with van der Waals surface area (Å²) in [5, 5.41) is 15.2. The zero-order valence-electron chi connectivity index (χ0n) is 20.3. The van der Waals surface area contributed by atoms with E-state index in [1.54, 1.807) is 30.3 Å². The highest BCUT2D eigenvalue weighted by molar-refractivity contribution is 9.10. The molecule has 4 aromatic carbocycles. The Bertz CT molecular complexity index is 1540. The average molecular weight is 576 g/mol. The summed E-state index contributed by atoms with van der Waals surface area (Å²) in [4.78, 5) is 12.8. The summed E-state index contributed by atoms with van der Waals surface area (Å²) in [7, 11) is 0. The Morgan fingerprint density at radius 1 is 1.08 bits per heavy atom. The number of halogens is 2. The van der Waals surface area contributed by atoms with Gasteiger partial charge in [-0.3, -0.25) is 4.79 Å². The fourth-order valence-corrected chi connectivity index (χ4v) is 4.62. The van der Waals surface area contributed by atoms with Crippen molar-refractivity contribution in [1.82, 2.24) is 0 Å². The van der Waals surface area contributed by atoms with Gasteiger partial charge in [0.15, 0.2) is 11.5 Å². The maximum Gasteiger partial charge on any atom is 0.266 e. The predicted octanol–water partition coefficient (Wildman–Crippen LogP) is 8.09. The first-order chi connectivity index (χ1) is 17.9. The van der Waals surface area contributed by atoms with Gasteiger partial charge in [0.05, 0.1) is 11.1 Å². The average Bonchev–Trinajstić information content (AvgIpc) is 2.89. The van der Waals surface area contributed by atoms with Gasteiger partial charge in [0.1, 0.15) is 18.2 Å². The molecule has 37 heavy (non-hydrogen) atoms. The summed E-state index contributed by atoms with van der Waals surface area (Å²) in [5.74, 6) is 0.523. The van der Waals surface area contributed by atoms with Gasteiger partial charge in [0.2, 0.25) is 0 Å². The molecule has 7 heteroatoms. The number of benzene rings is 4. The molecule has 0 radical (unpaired) electrons. The summed E-state index contributed by atoms with van der Waals surface area (Å²) in [6, 6.07) is 25.0. The van der Waals surface area contributed by atoms with E-state index in [2.05, 4.69) is 39.4 Å². The van der Waals surface area contributed by atoms with Gasteiger partial charge in [-0.05, 0) is 87.6 Å². The molecule has 1 N–H and O–H groups in total. The van der Waals surface area contributed by atoms with Gasteiger partial charge in [0.25, 0.3) is 5.91 Å². The molecule has 0 aliphatic heterocycles. The van der Waals surface area contributed by atoms with Crippen molar-refractivity contribution in [3.63, 3.8) is 0 Å². The SMILES string of the molecule is CCOc1cc(/C=C(\C#N)C(=O)Nc2cc(Cl)ccc2C)cc(Br)c1OCc1cccc2ccccc12. The van der Waals surface area contributed by atoms with Crippen LogP contribution in [0, 0.1) is 18.3 Å². The van der Waals surface area contributed by atoms with Crippen LogP contribution in [-0.2, 0) is 11.4 Å². The Morgan fingerprint density at radius 2 is 1.86 bits per heavy atom. The molecule has 0 aliphatic carbocycles. The zero-order chi connectivity index (χ0) is 26.4. The molecule has 0 aliphatic rings. The maximum atomic E-state index is 12.8. The van der Waals surface area contributed by atoms with Crippen LogP contribution in [0.5, 0.6) is 11.5 Å². The van der Waals surface area contributed by atoms with Gasteiger partial charge in [-0.2, -0.15) is 5.26 Å². The van der Waals surface area contributed by atoms with Crippen LogP contribution in [0.4, 0.5) is 5.69 Å². The number of amides is 1. The van der Waals surface area contributed by atoms with Crippen molar-refractivity contribution < 1.29 is 14.3 Å². The van der Waals surface area contributed by atoms with E-state index in [0.717, 1.165) is 21.9 Å². The van der Waals surface area contributed by atoms with E-state index in [4.69, 9.17) is 21.1 Å². The third kappa shape index (κ3) is 6.32. The van der Waals surface area contributed by atoms with Crippen molar-refractivity contribution in [1.29, 1.82) is 5.26 Å². The lowest BCUT2D eigenvalue weighted by Gasteiger charge is -2.16. The third-order valence-electron chi connectivity index (χ3n) is 5.71. The number of hydrogen-bond acceptors (Lipinski definition) is 4. The number of carbonyl (C=O) groups excluding carboxylic acids is 1. The van der Waals surface area contributed by atoms with Crippen molar-refractivity contribution in [2.24, 2.45) is 0 Å². The van der Waals surface area contributed by atoms with E-state index in [1.165, 1.54) is 6.08 Å². The van der Waals surface area contributed by atoms with Crippen molar-refractivity contribution in [2.75, 3.05) is 11.9 Å². The number of nitrogens with one attached hydrogen (secondary N) is 1. The van der Waals surface area contributed by atoms with Gasteiger partial charge in [-0.1, -0.05) is 60.1 Å². The van der Waals surface area contributed by atoms with Crippen LogP contribution >= 0.6 is 27.5 Å². The van der Waals surface area contributed by atoms with Crippen LogP contribution in [0.1, 0.15) is 23.6 Å². The summed E-state index contributed by atoms with van der Waals surface area (Å²) >= 11 is 9.63. The molecule has 0 atom stereocenters. The second kappa shape index (κ2) is 12.0. The zero-order valence-corrected chi connectivity index (χ0v) is 22.7. The van der Waals surface area contributed by atoms with Crippen molar-refractivity contribution in [2.45, 2.75) is 20.5 Å². The normalized spacial score (nSPS) is 11.2. The molecule has 0 unspecified atom stereocenters. The number of hydrogen-bond donors (Lipinski definition) is 1. The van der Waals surface area contributed by atoms with Gasteiger partial charge in [-0.15, -0.1) is 0 Å². The first kappa shape index (κ1) is 26.3. The number of nitriles is 1. The monoisotopic (exact) mass is 574 g/mol. The molecule has 0 aromatic heterocycles. The first-order valence-electron chi connectivity index (χ1n) is 11.6. The highest BCUT2D eigenvalue weighted by Gasteiger charge is 2.16. The quantitative estimate of drug-likeness (QED) is 0.170. The Kier molecular flexibility index (Phi) is 8.50. The van der Waals surface area contributed by atoms with E-state index >= 15 is 0 Å². The van der Waals surface area contributed by atoms with E-state index in [-0.39, 0.29) is 5.57 Å². The summed E-state index contributed by atoms with van der Waals surface area (Å²) < 4.78 is 12.7. The van der Waals surface area contributed by atoms with Crippen LogP contribution < -0.4 is 14.8 Å². The van der Waals surface area contributed by atoms with Gasteiger partial charge < -0.3 is 14.8 Å². The summed E-state index contributed by atoms with van der Waals surface area (Å²) in [5.41, 5.74) is 2.99. The number of nitrogens with zero attached hydrogens (tertiary/aromatic N) is 1. The standard InChI is InChI=1S/C30H24BrClN2O3/c1-3-36-28-15-20(13-23(17-33)30(35)34-27-16-24(32)12-11-19(27)2)14-26(31)29(28)37-18-22-9-6-8-21-7-4-5-10-25(21)22/h4-16H,3,18H2,1-2H3,(H,34,35)/b23-13+. The Balaban J connectivity index is 1.60. The van der Waals surface area contributed by atoms with Crippen LogP contribution in [0.2, 0.25) is 5.02 Å². The van der Waals surface area contributed by atoms with Crippen LogP contribution in [0.25, 0.3) is 16.8 Å². The van der Waals surface area contributed by atoms with E-state index < -0.39 is 5.91 Å². The Morgan fingerprint density at radius 3 is 2.65 bits per heavy atom. The minimum atomic E-state index is -0.529. The largest absolute Gasteiger partial charge is 0.490 e. The molecule has 0 saturated heterocycles. The smallest absolute Gasteiger partial charge is 0.266 e. The highest BCUT2D eigenvalue weighted by Crippen LogP contribution is 2.38. The molecule has 5 nitrogen and oxygen atoms in total. The second-order valence-electron chi connectivity index (χ2n) is 8.27. The molecular formula is C30H24BrClN2O3. The third-order valence-corrected chi connectivity index (χ3v) is 6.53. The number of fused-ring (bicyclic) bond motifs is 1. The number of carbonyl (C=O) groups is 1. The highest BCUT2D eigenvalue weighted by atomic mass is 79.9. The topological polar surface area (TPSA) is 71.3 Å². The van der Waals surface area contributed by atoms with Crippen LogP contribution in [-0.4, -0.2) is 12.5 Å². The molecule has 0 spiro atoms. The molecule has 4 rings (SSSR count). The minimum absolute atomic E-state index is 0.0573. The predicted molar refractivity (Wildman–Crippen MR) is 152 cm³/mol. The molecule has 186 valence electrons. The molecule has 1 amide bonds. The van der Waals surface area contributed by atoms with E-state index in [0.29, 0.717) is 45.5 Å². The number of aryl methyl sites for hydroxylation is 1. The summed E-state index contributed by atoms with van der Waals surface area (Å²) in [6.45, 7) is 4.50. The van der Waals surface area contributed by atoms with E-state index in [1.807, 2.05) is 44.2 Å². The lowest BCUT2D eigenvalue weighted by atomic mass is 10.1. The van der Waals surface area contributed by atoms with Gasteiger partial charge in [0, 0.05) is 10.7 Å². The molecule has 0 fully saturated rings. The Labute approximate surface area is 229 Å². The van der Waals surface area contributed by atoms with Crippen LogP contribution in [0.3, 0.4) is 0 Å². The van der Waals surface area contributed by atoms with Crippen molar-refractivity contribution in [3.05, 3.63) is 105 Å². The second-order valence-corrected chi connectivity index (χ2v) is 9.56. The maximum absolute atomic E-state index is 12.8. The van der Waals surface area contributed by atoms with Gasteiger partial charge >= 0.3 is 0 Å². The summed E-state index contributed by atoms with van der Waals surface area (Å²) in [6.07, 6.45) is 1.51. The first-order valence-corrected chi connectivity index (χ1v) is 12.8. The van der Waals surface area contributed by atoms with Crippen molar-refractivity contribution >= 4 is 56.0 Å². The lowest BCUT2D eigenvalue weighted by molar-refractivity contribution is -0.112. The molecule has 0 heterocycles. The number of ether oxygens (including phenoxy) is 2. The molecule has 4 aromatic rings. The molecule has 0 saturated carbocycles. The fourth-order valence-electron chi connectivity index (χ4n) is 3.88. The van der Waals surface area contributed by atoms with Crippen molar-refractivity contribution in [3.8, 4) is 17.6 Å².